The Kier molecular flexibility index (Phi) is 4.43. The van der Waals surface area contributed by atoms with Gasteiger partial charge in [0.2, 0.25) is 0 Å². The second-order valence-electron chi connectivity index (χ2n) is 4.35. The molecule has 0 aliphatic heterocycles. The molecule has 1 heterocycles. The average molecular weight is 382 g/mol. The minimum Gasteiger partial charge on any atom is -0.350 e. The van der Waals surface area contributed by atoms with Crippen LogP contribution in [0.3, 0.4) is 0 Å². The number of amides is 2. The first kappa shape index (κ1) is 14.6. The molecule has 20 heavy (non-hydrogen) atoms. The van der Waals surface area contributed by atoms with Gasteiger partial charge in [-0.1, -0.05) is 12.1 Å². The number of carbonyl (C=O) groups is 1. The number of para-hydroxylation sites is 1. The highest BCUT2D eigenvalue weighted by Gasteiger charge is 2.11. The van der Waals surface area contributed by atoms with E-state index in [1.165, 1.54) is 3.57 Å². The van der Waals surface area contributed by atoms with Crippen LogP contribution in [0.4, 0.5) is 4.79 Å². The van der Waals surface area contributed by atoms with Crippen molar-refractivity contribution in [1.82, 2.24) is 9.99 Å². The number of hydrogen-bond donors (Lipinski definition) is 2. The van der Waals surface area contributed by atoms with E-state index in [-0.39, 0.29) is 0 Å². The standard InChI is InChI=1S/C14H15IN4O/c1-9-7-11(8-17-18-14(16)20)10(2)19(9)13-6-4-3-5-12(13)15/h3-8H,1-2H3,(H3,16,18,20). The van der Waals surface area contributed by atoms with Crippen LogP contribution in [0.25, 0.3) is 5.69 Å². The van der Waals surface area contributed by atoms with Gasteiger partial charge in [-0.25, -0.2) is 10.2 Å². The van der Waals surface area contributed by atoms with E-state index in [4.69, 9.17) is 5.73 Å². The van der Waals surface area contributed by atoms with E-state index in [0.717, 1.165) is 22.6 Å². The number of hydrazone groups is 1. The van der Waals surface area contributed by atoms with Gasteiger partial charge in [-0.3, -0.25) is 0 Å². The number of aromatic nitrogens is 1. The first-order valence-corrected chi connectivity index (χ1v) is 7.11. The Bertz CT molecular complexity index is 676. The van der Waals surface area contributed by atoms with Crippen molar-refractivity contribution in [3.63, 3.8) is 0 Å². The van der Waals surface area contributed by atoms with E-state index >= 15 is 0 Å². The van der Waals surface area contributed by atoms with Crippen molar-refractivity contribution in [1.29, 1.82) is 0 Å². The number of halogens is 1. The van der Waals surface area contributed by atoms with Crippen LogP contribution in [0.15, 0.2) is 35.4 Å². The van der Waals surface area contributed by atoms with Gasteiger partial charge in [0.25, 0.3) is 0 Å². The topological polar surface area (TPSA) is 72.4 Å². The van der Waals surface area contributed by atoms with E-state index in [9.17, 15) is 4.79 Å². The van der Waals surface area contributed by atoms with Gasteiger partial charge in [0, 0.05) is 20.5 Å². The second kappa shape index (κ2) is 6.08. The number of rotatable bonds is 3. The number of hydrogen-bond acceptors (Lipinski definition) is 2. The lowest BCUT2D eigenvalue weighted by Crippen LogP contribution is -2.24. The molecule has 0 unspecified atom stereocenters. The molecule has 2 rings (SSSR count). The Morgan fingerprint density at radius 3 is 2.75 bits per heavy atom. The zero-order valence-electron chi connectivity index (χ0n) is 11.2. The van der Waals surface area contributed by atoms with Gasteiger partial charge < -0.3 is 10.3 Å². The van der Waals surface area contributed by atoms with Crippen LogP contribution in [-0.2, 0) is 0 Å². The van der Waals surface area contributed by atoms with Gasteiger partial charge in [-0.15, -0.1) is 0 Å². The number of carbonyl (C=O) groups excluding carboxylic acids is 1. The summed E-state index contributed by atoms with van der Waals surface area (Å²) in [6, 6.07) is 9.51. The van der Waals surface area contributed by atoms with Gasteiger partial charge in [0.15, 0.2) is 0 Å². The summed E-state index contributed by atoms with van der Waals surface area (Å²) in [5, 5.41) is 3.81. The summed E-state index contributed by atoms with van der Waals surface area (Å²) < 4.78 is 3.33. The smallest absolute Gasteiger partial charge is 0.332 e. The van der Waals surface area contributed by atoms with Crippen molar-refractivity contribution in [2.45, 2.75) is 13.8 Å². The van der Waals surface area contributed by atoms with Crippen molar-refractivity contribution in [2.75, 3.05) is 0 Å². The van der Waals surface area contributed by atoms with E-state index < -0.39 is 6.03 Å². The van der Waals surface area contributed by atoms with E-state index in [1.54, 1.807) is 6.21 Å². The Morgan fingerprint density at radius 1 is 1.40 bits per heavy atom. The number of nitrogens with one attached hydrogen (secondary N) is 1. The maximum absolute atomic E-state index is 10.6. The van der Waals surface area contributed by atoms with Crippen LogP contribution in [0, 0.1) is 17.4 Å². The summed E-state index contributed by atoms with van der Waals surface area (Å²) in [5.41, 5.74) is 11.4. The highest BCUT2D eigenvalue weighted by Crippen LogP contribution is 2.23. The summed E-state index contributed by atoms with van der Waals surface area (Å²) in [5.74, 6) is 0. The molecule has 0 aliphatic carbocycles. The molecule has 0 radical (unpaired) electrons. The van der Waals surface area contributed by atoms with Gasteiger partial charge in [-0.05, 0) is 54.6 Å². The largest absolute Gasteiger partial charge is 0.350 e. The Labute approximate surface area is 131 Å². The fraction of sp³-hybridized carbons (Fsp3) is 0.143. The number of primary amides is 1. The molecule has 0 spiro atoms. The third kappa shape index (κ3) is 3.01. The maximum atomic E-state index is 10.6. The molecular formula is C14H15IN4O. The summed E-state index contributed by atoms with van der Waals surface area (Å²) in [4.78, 5) is 10.6. The fourth-order valence-electron chi connectivity index (χ4n) is 2.09. The lowest BCUT2D eigenvalue weighted by atomic mass is 10.2. The highest BCUT2D eigenvalue weighted by molar-refractivity contribution is 14.1. The third-order valence-electron chi connectivity index (χ3n) is 2.94. The third-order valence-corrected chi connectivity index (χ3v) is 3.85. The number of nitrogens with two attached hydrogens (primary N) is 1. The summed E-state index contributed by atoms with van der Waals surface area (Å²) in [6.07, 6.45) is 1.60. The lowest BCUT2D eigenvalue weighted by molar-refractivity contribution is 0.249. The fourth-order valence-corrected chi connectivity index (χ4v) is 2.72. The molecule has 3 N–H and O–H groups in total. The first-order chi connectivity index (χ1) is 9.50. The molecule has 104 valence electrons. The van der Waals surface area contributed by atoms with Crippen molar-refractivity contribution >= 4 is 34.8 Å². The molecule has 0 bridgehead atoms. The van der Waals surface area contributed by atoms with Crippen molar-refractivity contribution in [3.05, 3.63) is 50.9 Å². The van der Waals surface area contributed by atoms with Crippen molar-refractivity contribution in [3.8, 4) is 5.69 Å². The molecule has 2 amide bonds. The maximum Gasteiger partial charge on any atom is 0.332 e. The zero-order valence-corrected chi connectivity index (χ0v) is 13.4. The number of aryl methyl sites for hydroxylation is 1. The molecule has 1 aromatic carbocycles. The highest BCUT2D eigenvalue weighted by atomic mass is 127. The van der Waals surface area contributed by atoms with Crippen LogP contribution >= 0.6 is 22.6 Å². The SMILES string of the molecule is Cc1cc(C=NNC(N)=O)c(C)n1-c1ccccc1I. The lowest BCUT2D eigenvalue weighted by Gasteiger charge is -2.11. The Balaban J connectivity index is 2.42. The summed E-state index contributed by atoms with van der Waals surface area (Å²) in [7, 11) is 0. The predicted molar refractivity (Wildman–Crippen MR) is 88.3 cm³/mol. The number of urea groups is 1. The van der Waals surface area contributed by atoms with E-state index in [0.29, 0.717) is 0 Å². The number of nitrogens with zero attached hydrogens (tertiary/aromatic N) is 2. The van der Waals surface area contributed by atoms with Gasteiger partial charge in [0.1, 0.15) is 0 Å². The molecule has 0 saturated heterocycles. The van der Waals surface area contributed by atoms with Gasteiger partial charge in [0.05, 0.1) is 11.9 Å². The first-order valence-electron chi connectivity index (χ1n) is 6.03. The molecule has 1 aromatic heterocycles. The molecule has 6 heteroatoms. The second-order valence-corrected chi connectivity index (χ2v) is 5.51. The minimum absolute atomic E-state index is 0.673. The average Bonchev–Trinajstić information content (AvgIpc) is 2.65. The Hall–Kier alpha value is -1.83. The number of benzene rings is 1. The predicted octanol–water partition coefficient (Wildman–Crippen LogP) is 2.70. The molecule has 2 aromatic rings. The minimum atomic E-state index is -0.673. The normalized spacial score (nSPS) is 10.9. The monoisotopic (exact) mass is 382 g/mol. The van der Waals surface area contributed by atoms with Crippen LogP contribution in [0.1, 0.15) is 17.0 Å². The molecule has 0 aliphatic rings. The van der Waals surface area contributed by atoms with Crippen LogP contribution < -0.4 is 11.2 Å². The van der Waals surface area contributed by atoms with E-state index in [1.807, 2.05) is 32.0 Å². The van der Waals surface area contributed by atoms with Crippen LogP contribution in [0.2, 0.25) is 0 Å². The van der Waals surface area contributed by atoms with Gasteiger partial charge >= 0.3 is 6.03 Å². The summed E-state index contributed by atoms with van der Waals surface area (Å²) >= 11 is 2.32. The van der Waals surface area contributed by atoms with Crippen molar-refractivity contribution < 1.29 is 4.79 Å². The quantitative estimate of drug-likeness (QED) is 0.478. The van der Waals surface area contributed by atoms with Gasteiger partial charge in [-0.2, -0.15) is 5.10 Å². The van der Waals surface area contributed by atoms with Crippen molar-refractivity contribution in [2.24, 2.45) is 10.8 Å². The van der Waals surface area contributed by atoms with E-state index in [2.05, 4.69) is 49.8 Å². The molecule has 0 saturated carbocycles. The summed E-state index contributed by atoms with van der Waals surface area (Å²) in [6.45, 7) is 4.05. The molecule has 0 atom stereocenters. The molecule has 5 nitrogen and oxygen atoms in total. The van der Waals surface area contributed by atoms with Crippen LogP contribution in [-0.4, -0.2) is 16.8 Å². The Morgan fingerprint density at radius 2 is 2.10 bits per heavy atom. The molecular weight excluding hydrogens is 367 g/mol. The zero-order chi connectivity index (χ0) is 14.7. The van der Waals surface area contributed by atoms with Crippen LogP contribution in [0.5, 0.6) is 0 Å². The molecule has 0 fully saturated rings.